The standard InChI is InChI=1S/C58H65N13O6/c1-8-50(73)64-44-26-36(63-51-53(77-7)62-31-45(65-51)40-14-18-61-52(43(40)33-72)70-24-23-69-47(56(70)76)25-35-29-57(3,4)30-48(35)69)9-12-46(44)68-22-21-67(32-34(68)2)37-15-19-66(20-16-37)38-10-11-41-42(27-38)55(75)71(54(41)74)39-13-17-60-49(28-39)58(5,6)59/h8-14,17-18,25-28,31,34,37,72H,1,15-16,19-24,29-30,32-33,59H2,2-7H3,(H,63,65)(H,64,73)/t34-/m0/s1. The highest BCUT2D eigenvalue weighted by Gasteiger charge is 2.40. The predicted octanol–water partition coefficient (Wildman–Crippen LogP) is 7.06. The molecule has 5 aliphatic rings. The minimum absolute atomic E-state index is 0.100. The first-order chi connectivity index (χ1) is 36.9. The average Bonchev–Trinajstić information content (AvgIpc) is 4.22. The van der Waals surface area contributed by atoms with Crippen molar-refractivity contribution in [1.82, 2.24) is 29.4 Å². The normalized spacial score (nSPS) is 18.6. The van der Waals surface area contributed by atoms with E-state index in [2.05, 4.69) is 72.2 Å². The third-order valence-electron chi connectivity index (χ3n) is 15.8. The number of amides is 4. The van der Waals surface area contributed by atoms with Crippen molar-refractivity contribution >= 4 is 63.7 Å². The molecule has 1 atom stereocenters. The van der Waals surface area contributed by atoms with Gasteiger partial charge in [0, 0.05) is 98.5 Å². The predicted molar refractivity (Wildman–Crippen MR) is 296 cm³/mol. The van der Waals surface area contributed by atoms with Crippen LogP contribution in [0.4, 0.5) is 40.1 Å². The van der Waals surface area contributed by atoms with E-state index in [1.807, 2.05) is 50.2 Å². The Morgan fingerprint density at radius 1 is 0.883 bits per heavy atom. The molecule has 8 heterocycles. The van der Waals surface area contributed by atoms with Gasteiger partial charge in [-0.1, -0.05) is 20.4 Å². The molecular formula is C58H65N13O6. The number of benzene rings is 2. The van der Waals surface area contributed by atoms with Crippen LogP contribution >= 0.6 is 0 Å². The summed E-state index contributed by atoms with van der Waals surface area (Å²) in [5, 5.41) is 17.3. The van der Waals surface area contributed by atoms with Crippen LogP contribution in [-0.4, -0.2) is 117 Å². The number of piperidine rings is 1. The molecule has 1 aliphatic carbocycles. The van der Waals surface area contributed by atoms with Gasteiger partial charge in [-0.25, -0.2) is 19.9 Å². The first-order valence-electron chi connectivity index (χ1n) is 26.3. The smallest absolute Gasteiger partial charge is 0.276 e. The van der Waals surface area contributed by atoms with E-state index in [0.717, 1.165) is 69.8 Å². The number of carbonyl (C=O) groups is 4. The zero-order chi connectivity index (χ0) is 54.1. The van der Waals surface area contributed by atoms with Crippen LogP contribution in [0.2, 0.25) is 0 Å². The lowest BCUT2D eigenvalue weighted by atomic mass is 9.90. The number of fused-ring (bicyclic) bond motifs is 4. The topological polar surface area (TPSA) is 221 Å². The first-order valence-corrected chi connectivity index (χ1v) is 26.3. The van der Waals surface area contributed by atoms with Crippen LogP contribution in [0, 0.1) is 5.41 Å². The maximum Gasteiger partial charge on any atom is 0.276 e. The summed E-state index contributed by atoms with van der Waals surface area (Å²) in [7, 11) is 1.51. The van der Waals surface area contributed by atoms with Gasteiger partial charge < -0.3 is 40.6 Å². The molecule has 5 N–H and O–H groups in total. The Morgan fingerprint density at radius 3 is 2.40 bits per heavy atom. The number of pyridine rings is 2. The molecule has 6 aromatic rings. The van der Waals surface area contributed by atoms with Crippen LogP contribution in [-0.2, 0) is 36.3 Å². The molecule has 0 radical (unpaired) electrons. The van der Waals surface area contributed by atoms with Crippen molar-refractivity contribution in [3.63, 3.8) is 0 Å². The quantitative estimate of drug-likeness (QED) is 0.0672. The monoisotopic (exact) mass is 1040 g/mol. The van der Waals surface area contributed by atoms with Gasteiger partial charge in [0.2, 0.25) is 5.91 Å². The van der Waals surface area contributed by atoms with E-state index in [1.54, 1.807) is 47.8 Å². The van der Waals surface area contributed by atoms with Gasteiger partial charge in [-0.15, -0.1) is 0 Å². The maximum absolute atomic E-state index is 14.1. The molecule has 0 spiro atoms. The lowest BCUT2D eigenvalue weighted by molar-refractivity contribution is -0.111. The Morgan fingerprint density at radius 2 is 1.66 bits per heavy atom. The summed E-state index contributed by atoms with van der Waals surface area (Å²) < 4.78 is 7.83. The van der Waals surface area contributed by atoms with Crippen LogP contribution in [0.5, 0.6) is 5.88 Å². The number of nitrogens with one attached hydrogen (secondary N) is 2. The molecule has 4 amide bonds. The van der Waals surface area contributed by atoms with Crippen LogP contribution < -0.4 is 40.7 Å². The van der Waals surface area contributed by atoms with E-state index in [-0.39, 0.29) is 47.6 Å². The Hall–Kier alpha value is -8.00. The van der Waals surface area contributed by atoms with Gasteiger partial charge in [0.15, 0.2) is 5.82 Å². The SMILES string of the molecule is C=CC(=O)Nc1cc(Nc2nc(-c3ccnc(N4CCn5c(cc6c5CC(C)(C)C6)C4=O)c3CO)cnc2OC)ccc1N1CCN(C2CCN(c3ccc4c(c3)C(=O)N(c3ccnc(C(C)(C)N)c3)C4=O)CC2)C[C@@H]1C. The van der Waals surface area contributed by atoms with Crippen molar-refractivity contribution < 1.29 is 29.0 Å². The van der Waals surface area contributed by atoms with Crippen LogP contribution in [0.25, 0.3) is 11.3 Å². The Labute approximate surface area is 447 Å². The highest BCUT2D eigenvalue weighted by molar-refractivity contribution is 6.34. The number of methoxy groups -OCH3 is 1. The first kappa shape index (κ1) is 51.1. The third kappa shape index (κ3) is 9.45. The summed E-state index contributed by atoms with van der Waals surface area (Å²) in [6.07, 6.45) is 9.73. The number of anilines is 7. The fraction of sp³-hybridized carbons (Fsp3) is 0.379. The molecule has 0 bridgehead atoms. The number of rotatable bonds is 13. The number of piperazine rings is 1. The van der Waals surface area contributed by atoms with Crippen molar-refractivity contribution in [3.8, 4) is 17.1 Å². The van der Waals surface area contributed by atoms with Crippen molar-refractivity contribution in [3.05, 3.63) is 131 Å². The summed E-state index contributed by atoms with van der Waals surface area (Å²) in [5.41, 5.74) is 15.1. The van der Waals surface area contributed by atoms with Crippen molar-refractivity contribution in [1.29, 1.82) is 0 Å². The van der Waals surface area contributed by atoms with Gasteiger partial charge in [-0.3, -0.25) is 34.0 Å². The number of hydrogen-bond donors (Lipinski definition) is 4. The summed E-state index contributed by atoms with van der Waals surface area (Å²) >= 11 is 0. The van der Waals surface area contributed by atoms with E-state index in [4.69, 9.17) is 15.5 Å². The highest BCUT2D eigenvalue weighted by Crippen LogP contribution is 2.42. The van der Waals surface area contributed by atoms with E-state index in [0.29, 0.717) is 87.2 Å². The van der Waals surface area contributed by atoms with E-state index < -0.39 is 5.54 Å². The van der Waals surface area contributed by atoms with Gasteiger partial charge >= 0.3 is 0 Å². The third-order valence-corrected chi connectivity index (χ3v) is 15.8. The highest BCUT2D eigenvalue weighted by atomic mass is 16.5. The fourth-order valence-corrected chi connectivity index (χ4v) is 12.0. The summed E-state index contributed by atoms with van der Waals surface area (Å²) in [4.78, 5) is 83.0. The summed E-state index contributed by atoms with van der Waals surface area (Å²) in [6.45, 7) is 18.7. The molecule has 2 aromatic carbocycles. The summed E-state index contributed by atoms with van der Waals surface area (Å²) in [6, 6.07) is 18.9. The number of aliphatic hydroxyl groups excluding tert-OH is 1. The molecule has 77 heavy (non-hydrogen) atoms. The second kappa shape index (κ2) is 19.9. The van der Waals surface area contributed by atoms with Gasteiger partial charge in [0.05, 0.1) is 65.0 Å². The number of imide groups is 1. The molecule has 19 heteroatoms. The largest absolute Gasteiger partial charge is 0.478 e. The van der Waals surface area contributed by atoms with E-state index >= 15 is 0 Å². The van der Waals surface area contributed by atoms with E-state index in [1.165, 1.54) is 29.3 Å². The summed E-state index contributed by atoms with van der Waals surface area (Å²) in [5.74, 6) is -0.315. The minimum atomic E-state index is -0.739. The van der Waals surface area contributed by atoms with Crippen molar-refractivity contribution in [2.75, 3.05) is 76.6 Å². The zero-order valence-corrected chi connectivity index (χ0v) is 44.5. The lowest BCUT2D eigenvalue weighted by Gasteiger charge is -2.47. The molecule has 0 saturated carbocycles. The number of nitrogens with two attached hydrogens (primary N) is 1. The van der Waals surface area contributed by atoms with Gasteiger partial charge in [0.25, 0.3) is 23.6 Å². The molecule has 2 saturated heterocycles. The zero-order valence-electron chi connectivity index (χ0n) is 44.5. The molecule has 4 aliphatic heterocycles. The lowest BCUT2D eigenvalue weighted by Crippen LogP contribution is -2.57. The number of aliphatic hydroxyl groups is 1. The number of hydrogen-bond acceptors (Lipinski definition) is 15. The number of aromatic nitrogens is 5. The van der Waals surface area contributed by atoms with Crippen molar-refractivity contribution in [2.45, 2.75) is 91.1 Å². The van der Waals surface area contributed by atoms with Gasteiger partial charge in [-0.2, -0.15) is 0 Å². The van der Waals surface area contributed by atoms with Crippen LogP contribution in [0.1, 0.15) is 101 Å². The molecule has 11 rings (SSSR count). The molecule has 0 unspecified atom stereocenters. The molecule has 2 fully saturated rings. The van der Waals surface area contributed by atoms with Gasteiger partial charge in [-0.05, 0) is 124 Å². The molecular weight excluding hydrogens is 975 g/mol. The maximum atomic E-state index is 14.1. The Bertz CT molecular complexity index is 3370. The fourth-order valence-electron chi connectivity index (χ4n) is 12.0. The average molecular weight is 1040 g/mol. The van der Waals surface area contributed by atoms with Crippen LogP contribution in [0.3, 0.4) is 0 Å². The second-order valence-corrected chi connectivity index (χ2v) is 22.2. The molecule has 19 nitrogen and oxygen atoms in total. The van der Waals surface area contributed by atoms with Gasteiger partial charge in [0.1, 0.15) is 11.5 Å². The Balaban J connectivity index is 0.763. The number of nitrogens with zero attached hydrogens (tertiary/aromatic N) is 10. The number of ether oxygens (including phenoxy) is 1. The van der Waals surface area contributed by atoms with Crippen LogP contribution in [0.15, 0.2) is 91.9 Å². The second-order valence-electron chi connectivity index (χ2n) is 22.2. The Kier molecular flexibility index (Phi) is 13.2. The van der Waals surface area contributed by atoms with Crippen molar-refractivity contribution in [2.24, 2.45) is 11.1 Å². The molecule has 4 aromatic heterocycles. The van der Waals surface area contributed by atoms with E-state index in [9.17, 15) is 24.3 Å². The molecule has 398 valence electrons. The minimum Gasteiger partial charge on any atom is -0.478 e. The number of carbonyl (C=O) groups excluding carboxylic acids is 4.